The monoisotopic (exact) mass is 514 g/mol. The smallest absolute Gasteiger partial charge is 0.497 e. The van der Waals surface area contributed by atoms with Gasteiger partial charge in [0.05, 0.1) is 47.3 Å². The number of nitrogens with zero attached hydrogens (tertiary/aromatic N) is 4. The molecule has 0 radical (unpaired) electrons. The van der Waals surface area contributed by atoms with Crippen LogP contribution in [0.2, 0.25) is 0 Å². The Morgan fingerprint density at radius 2 is 1.00 bits per heavy atom. The van der Waals surface area contributed by atoms with Crippen molar-refractivity contribution in [2.75, 3.05) is 14.2 Å². The molecule has 0 bridgehead atoms. The van der Waals surface area contributed by atoms with Gasteiger partial charge in [-0.3, -0.25) is 0 Å². The van der Waals surface area contributed by atoms with Crippen LogP contribution in [0, 0.1) is 0 Å². The molecule has 0 fully saturated rings. The van der Waals surface area contributed by atoms with Gasteiger partial charge in [-0.1, -0.05) is 12.1 Å². The van der Waals surface area contributed by atoms with Crippen molar-refractivity contribution in [2.45, 2.75) is 0 Å². The van der Waals surface area contributed by atoms with Gasteiger partial charge in [0, 0.05) is 12.1 Å². The summed E-state index contributed by atoms with van der Waals surface area (Å²) in [6, 6.07) is 20.1. The summed E-state index contributed by atoms with van der Waals surface area (Å²) < 4.78 is 47.2. The van der Waals surface area contributed by atoms with Gasteiger partial charge in [-0.25, -0.2) is 19.9 Å². The molecule has 11 heteroatoms. The molecule has 6 aromatic rings. The predicted octanol–water partition coefficient (Wildman–Crippen LogP) is 4.60. The third-order valence-electron chi connectivity index (χ3n) is 5.65. The van der Waals surface area contributed by atoms with Crippen molar-refractivity contribution in [1.29, 1.82) is 0 Å². The van der Waals surface area contributed by atoms with Crippen LogP contribution in [0.3, 0.4) is 0 Å². The van der Waals surface area contributed by atoms with Crippen molar-refractivity contribution in [1.82, 2.24) is 19.9 Å². The SMILES string of the molecule is COc1ccc2nc3cccc(OS(=O)(=O)Oc4cccc5nc6ccc(OC)cc6nc45)c3nc2c1. The van der Waals surface area contributed by atoms with Crippen LogP contribution in [0.25, 0.3) is 44.1 Å². The van der Waals surface area contributed by atoms with Gasteiger partial charge in [0.1, 0.15) is 22.5 Å². The van der Waals surface area contributed by atoms with E-state index in [1.165, 1.54) is 12.1 Å². The van der Waals surface area contributed by atoms with E-state index in [0.29, 0.717) is 44.6 Å². The van der Waals surface area contributed by atoms with E-state index >= 15 is 0 Å². The van der Waals surface area contributed by atoms with E-state index in [0.717, 1.165) is 0 Å². The molecule has 0 aliphatic heterocycles. The van der Waals surface area contributed by atoms with Gasteiger partial charge in [0.25, 0.3) is 0 Å². The lowest BCUT2D eigenvalue weighted by Crippen LogP contribution is -2.17. The van der Waals surface area contributed by atoms with Gasteiger partial charge in [0.15, 0.2) is 11.5 Å². The Kier molecular flexibility index (Phi) is 5.34. The highest BCUT2D eigenvalue weighted by molar-refractivity contribution is 7.82. The van der Waals surface area contributed by atoms with Crippen LogP contribution in [0.4, 0.5) is 0 Å². The van der Waals surface area contributed by atoms with Crippen molar-refractivity contribution in [3.8, 4) is 23.0 Å². The summed E-state index contributed by atoms with van der Waals surface area (Å²) in [7, 11) is -1.49. The van der Waals surface area contributed by atoms with Gasteiger partial charge in [-0.05, 0) is 48.5 Å². The van der Waals surface area contributed by atoms with Gasteiger partial charge in [-0.15, -0.1) is 8.42 Å². The molecule has 4 aromatic carbocycles. The van der Waals surface area contributed by atoms with Crippen LogP contribution in [-0.4, -0.2) is 42.6 Å². The molecule has 10 nitrogen and oxygen atoms in total. The third kappa shape index (κ3) is 4.25. The first-order chi connectivity index (χ1) is 17.9. The number of hydrogen-bond acceptors (Lipinski definition) is 10. The Morgan fingerprint density at radius 1 is 0.541 bits per heavy atom. The first-order valence-electron chi connectivity index (χ1n) is 11.1. The summed E-state index contributed by atoms with van der Waals surface area (Å²) in [4.78, 5) is 18.2. The molecule has 0 spiro atoms. The van der Waals surface area contributed by atoms with Crippen LogP contribution in [0.1, 0.15) is 0 Å². The summed E-state index contributed by atoms with van der Waals surface area (Å²) >= 11 is 0. The second-order valence-corrected chi connectivity index (χ2v) is 9.13. The highest BCUT2D eigenvalue weighted by Crippen LogP contribution is 2.30. The number of benzene rings is 4. The number of rotatable bonds is 6. The molecule has 2 aromatic heterocycles. The van der Waals surface area contributed by atoms with E-state index in [9.17, 15) is 8.42 Å². The van der Waals surface area contributed by atoms with E-state index in [4.69, 9.17) is 17.8 Å². The number of methoxy groups -OCH3 is 2. The summed E-state index contributed by atoms with van der Waals surface area (Å²) in [5.74, 6) is 1.13. The highest BCUT2D eigenvalue weighted by Gasteiger charge is 2.21. The van der Waals surface area contributed by atoms with E-state index in [2.05, 4.69) is 19.9 Å². The predicted molar refractivity (Wildman–Crippen MR) is 137 cm³/mol. The molecular weight excluding hydrogens is 496 g/mol. The molecule has 0 aliphatic carbocycles. The maximum absolute atomic E-state index is 13.0. The first-order valence-corrected chi connectivity index (χ1v) is 12.4. The molecule has 2 heterocycles. The van der Waals surface area contributed by atoms with Gasteiger partial charge < -0.3 is 17.8 Å². The second-order valence-electron chi connectivity index (χ2n) is 7.98. The van der Waals surface area contributed by atoms with Crippen LogP contribution in [-0.2, 0) is 10.4 Å². The Labute approximate surface area is 210 Å². The van der Waals surface area contributed by atoms with Gasteiger partial charge >= 0.3 is 10.4 Å². The fourth-order valence-electron chi connectivity index (χ4n) is 3.93. The molecule has 0 atom stereocenters. The van der Waals surface area contributed by atoms with Gasteiger partial charge in [0.2, 0.25) is 0 Å². The zero-order chi connectivity index (χ0) is 25.6. The molecule has 0 saturated heterocycles. The highest BCUT2D eigenvalue weighted by atomic mass is 32.3. The van der Waals surface area contributed by atoms with Crippen LogP contribution in [0.5, 0.6) is 23.0 Å². The average Bonchev–Trinajstić information content (AvgIpc) is 2.90. The standard InChI is InChI=1S/C26H18N4O6S/c1-33-15-9-11-17-21(13-15)29-25-19(27-17)5-3-7-23(25)35-37(31,32)36-24-8-4-6-20-26(24)30-22-14-16(34-2)10-12-18(22)28-20/h3-14H,1-2H3. The van der Waals surface area contributed by atoms with E-state index < -0.39 is 10.4 Å². The zero-order valence-electron chi connectivity index (χ0n) is 19.6. The third-order valence-corrected chi connectivity index (χ3v) is 6.42. The Balaban J connectivity index is 1.39. The van der Waals surface area contributed by atoms with E-state index in [1.807, 2.05) is 0 Å². The topological polar surface area (TPSA) is 123 Å². The molecule has 37 heavy (non-hydrogen) atoms. The maximum Gasteiger partial charge on any atom is 0.501 e. The van der Waals surface area contributed by atoms with E-state index in [-0.39, 0.29) is 22.5 Å². The Hall–Kier alpha value is -4.77. The molecule has 0 unspecified atom stereocenters. The Bertz CT molecular complexity index is 1810. The molecule has 0 amide bonds. The quantitative estimate of drug-likeness (QED) is 0.291. The van der Waals surface area contributed by atoms with Crippen molar-refractivity contribution in [2.24, 2.45) is 0 Å². The fraction of sp³-hybridized carbons (Fsp3) is 0.0769. The average molecular weight is 515 g/mol. The van der Waals surface area contributed by atoms with Crippen molar-refractivity contribution >= 4 is 54.5 Å². The molecule has 6 rings (SSSR count). The van der Waals surface area contributed by atoms with Crippen molar-refractivity contribution in [3.63, 3.8) is 0 Å². The van der Waals surface area contributed by atoms with E-state index in [1.54, 1.807) is 74.9 Å². The largest absolute Gasteiger partial charge is 0.501 e. The van der Waals surface area contributed by atoms with Gasteiger partial charge in [-0.2, -0.15) is 0 Å². The summed E-state index contributed by atoms with van der Waals surface area (Å²) in [6.45, 7) is 0. The summed E-state index contributed by atoms with van der Waals surface area (Å²) in [5, 5.41) is 0. The normalized spacial score (nSPS) is 11.7. The lowest BCUT2D eigenvalue weighted by Gasteiger charge is -2.11. The Morgan fingerprint density at radius 3 is 1.43 bits per heavy atom. The fourth-order valence-corrected chi connectivity index (χ4v) is 4.67. The minimum Gasteiger partial charge on any atom is -0.497 e. The lowest BCUT2D eigenvalue weighted by molar-refractivity contribution is 0.395. The first kappa shape index (κ1) is 22.7. The maximum atomic E-state index is 13.0. The van der Waals surface area contributed by atoms with Crippen molar-refractivity contribution in [3.05, 3.63) is 72.8 Å². The zero-order valence-corrected chi connectivity index (χ0v) is 20.4. The number of hydrogen-bond donors (Lipinski definition) is 0. The number of ether oxygens (including phenoxy) is 2. The molecule has 0 aliphatic rings. The minimum absolute atomic E-state index is 0.0313. The summed E-state index contributed by atoms with van der Waals surface area (Å²) in [6.07, 6.45) is 0. The molecular formula is C26H18N4O6S. The number of fused-ring (bicyclic) bond motifs is 4. The number of para-hydroxylation sites is 2. The second kappa shape index (κ2) is 8.71. The summed E-state index contributed by atoms with van der Waals surface area (Å²) in [5.41, 5.74) is 3.73. The van der Waals surface area contributed by atoms with Crippen LogP contribution < -0.4 is 17.8 Å². The van der Waals surface area contributed by atoms with Crippen LogP contribution >= 0.6 is 0 Å². The molecule has 184 valence electrons. The van der Waals surface area contributed by atoms with Crippen LogP contribution in [0.15, 0.2) is 72.8 Å². The minimum atomic E-state index is -4.59. The number of aromatic nitrogens is 4. The lowest BCUT2D eigenvalue weighted by atomic mass is 10.2. The molecule has 0 saturated carbocycles. The van der Waals surface area contributed by atoms with Crippen molar-refractivity contribution < 1.29 is 26.3 Å². The molecule has 0 N–H and O–H groups in total.